The van der Waals surface area contributed by atoms with Gasteiger partial charge in [0.15, 0.2) is 0 Å². The summed E-state index contributed by atoms with van der Waals surface area (Å²) in [5, 5.41) is 11.1. The van der Waals surface area contributed by atoms with Crippen molar-refractivity contribution >= 4 is 44.8 Å². The van der Waals surface area contributed by atoms with E-state index in [9.17, 15) is 14.7 Å². The molecular weight excluding hydrogens is 494 g/mol. The fourth-order valence-corrected chi connectivity index (χ4v) is 4.96. The number of aliphatic hydroxyl groups is 1. The van der Waals surface area contributed by atoms with E-state index >= 15 is 0 Å². The highest BCUT2D eigenvalue weighted by Gasteiger charge is 2.47. The minimum Gasteiger partial charge on any atom is -0.507 e. The van der Waals surface area contributed by atoms with Gasteiger partial charge in [-0.05, 0) is 67.3 Å². The maximum Gasteiger partial charge on any atom is 0.300 e. The van der Waals surface area contributed by atoms with Crippen LogP contribution in [0.15, 0.2) is 83.1 Å². The van der Waals surface area contributed by atoms with Crippen molar-refractivity contribution < 1.29 is 14.7 Å². The number of benzene rings is 2. The molecule has 3 heterocycles. The van der Waals surface area contributed by atoms with Crippen molar-refractivity contribution in [1.29, 1.82) is 0 Å². The molecule has 2 aromatic carbocycles. The van der Waals surface area contributed by atoms with Crippen LogP contribution in [-0.2, 0) is 9.59 Å². The summed E-state index contributed by atoms with van der Waals surface area (Å²) in [5.74, 6) is -1.58. The lowest BCUT2D eigenvalue weighted by atomic mass is 9.96. The largest absolute Gasteiger partial charge is 0.507 e. The molecule has 0 saturated carbocycles. The van der Waals surface area contributed by atoms with Crippen LogP contribution in [0.25, 0.3) is 5.76 Å². The number of carbonyl (C=O) groups is 2. The number of ketones is 1. The number of pyridine rings is 1. The van der Waals surface area contributed by atoms with Gasteiger partial charge < -0.3 is 10.0 Å². The Hall–Kier alpha value is -3.45. The van der Waals surface area contributed by atoms with Crippen LogP contribution in [0.1, 0.15) is 36.4 Å². The molecule has 1 amide bonds. The van der Waals surface area contributed by atoms with Crippen LogP contribution in [0.3, 0.4) is 0 Å². The predicted octanol–water partition coefficient (Wildman–Crippen LogP) is 5.46. The molecule has 172 valence electrons. The van der Waals surface area contributed by atoms with Crippen LogP contribution in [-0.4, -0.2) is 34.9 Å². The Morgan fingerprint density at radius 2 is 1.59 bits per heavy atom. The molecule has 0 aliphatic carbocycles. The quantitative estimate of drug-likeness (QED) is 0.282. The molecule has 2 fully saturated rings. The standard InChI is InChI=1S/C27H24BrN3O3/c28-20-8-6-18(7-9-20)25(32)23-24(19-5-4-14-29-17-19)31(27(34)26(23)33)22-12-10-21(11-13-22)30-15-2-1-3-16-30/h4-14,17,24,32H,1-3,15-16H2/b25-23+. The third kappa shape index (κ3) is 4.12. The lowest BCUT2D eigenvalue weighted by Gasteiger charge is -2.30. The second-order valence-corrected chi connectivity index (χ2v) is 9.44. The number of anilines is 2. The Kier molecular flexibility index (Phi) is 6.20. The van der Waals surface area contributed by atoms with Gasteiger partial charge in [-0.3, -0.25) is 19.5 Å². The molecule has 6 nitrogen and oxygen atoms in total. The van der Waals surface area contributed by atoms with E-state index in [1.54, 1.807) is 42.7 Å². The van der Waals surface area contributed by atoms with E-state index in [1.165, 1.54) is 24.2 Å². The number of halogens is 1. The Morgan fingerprint density at radius 1 is 0.912 bits per heavy atom. The van der Waals surface area contributed by atoms with E-state index < -0.39 is 17.7 Å². The fourth-order valence-electron chi connectivity index (χ4n) is 4.69. The van der Waals surface area contributed by atoms with Crippen molar-refractivity contribution in [2.45, 2.75) is 25.3 Å². The summed E-state index contributed by atoms with van der Waals surface area (Å²) in [4.78, 5) is 34.5. The minimum atomic E-state index is -0.779. The summed E-state index contributed by atoms with van der Waals surface area (Å²) in [6, 6.07) is 17.5. The molecule has 0 radical (unpaired) electrons. The molecule has 7 heteroatoms. The molecule has 2 aliphatic heterocycles. The van der Waals surface area contributed by atoms with Gasteiger partial charge in [0.05, 0.1) is 11.6 Å². The number of hydrogen-bond acceptors (Lipinski definition) is 5. The van der Waals surface area contributed by atoms with E-state index in [0.717, 1.165) is 23.2 Å². The molecular formula is C27H24BrN3O3. The monoisotopic (exact) mass is 517 g/mol. The molecule has 1 aromatic heterocycles. The lowest BCUT2D eigenvalue weighted by Crippen LogP contribution is -2.30. The SMILES string of the molecule is O=C1C(=O)N(c2ccc(N3CCCCC3)cc2)C(c2cccnc2)/C1=C(\O)c1ccc(Br)cc1. The Labute approximate surface area is 206 Å². The van der Waals surface area contributed by atoms with Gasteiger partial charge in [-0.15, -0.1) is 0 Å². The second kappa shape index (κ2) is 9.43. The average Bonchev–Trinajstić information content (AvgIpc) is 3.15. The van der Waals surface area contributed by atoms with Gasteiger partial charge in [-0.2, -0.15) is 0 Å². The van der Waals surface area contributed by atoms with Crippen LogP contribution in [0.5, 0.6) is 0 Å². The first-order valence-corrected chi connectivity index (χ1v) is 12.2. The number of piperidine rings is 1. The van der Waals surface area contributed by atoms with Crippen LogP contribution < -0.4 is 9.80 Å². The first kappa shape index (κ1) is 22.3. The van der Waals surface area contributed by atoms with Crippen molar-refractivity contribution in [2.24, 2.45) is 0 Å². The summed E-state index contributed by atoms with van der Waals surface area (Å²) in [5.41, 5.74) is 2.89. The lowest BCUT2D eigenvalue weighted by molar-refractivity contribution is -0.132. The molecule has 2 saturated heterocycles. The van der Waals surface area contributed by atoms with Crippen LogP contribution in [0.2, 0.25) is 0 Å². The number of Topliss-reactive ketones (excluding diaryl/α,β-unsaturated/α-hetero) is 1. The van der Waals surface area contributed by atoms with Crippen molar-refractivity contribution in [3.63, 3.8) is 0 Å². The minimum absolute atomic E-state index is 0.0560. The third-order valence-corrected chi connectivity index (χ3v) is 6.94. The van der Waals surface area contributed by atoms with Crippen molar-refractivity contribution in [3.8, 4) is 0 Å². The number of nitrogens with zero attached hydrogens (tertiary/aromatic N) is 3. The van der Waals surface area contributed by atoms with Gasteiger partial charge in [-0.1, -0.05) is 34.1 Å². The van der Waals surface area contributed by atoms with Crippen molar-refractivity contribution in [3.05, 3.63) is 94.2 Å². The number of carbonyl (C=O) groups excluding carboxylic acids is 2. The highest BCUT2D eigenvalue weighted by Crippen LogP contribution is 2.42. The van der Waals surface area contributed by atoms with E-state index in [4.69, 9.17) is 0 Å². The summed E-state index contributed by atoms with van der Waals surface area (Å²) in [7, 11) is 0. The molecule has 1 atom stereocenters. The van der Waals surface area contributed by atoms with Crippen LogP contribution in [0, 0.1) is 0 Å². The number of amides is 1. The summed E-state index contributed by atoms with van der Waals surface area (Å²) in [6.07, 6.45) is 6.86. The zero-order valence-electron chi connectivity index (χ0n) is 18.5. The highest BCUT2D eigenvalue weighted by atomic mass is 79.9. The predicted molar refractivity (Wildman–Crippen MR) is 136 cm³/mol. The molecule has 0 spiro atoms. The molecule has 1 unspecified atom stereocenters. The zero-order valence-corrected chi connectivity index (χ0v) is 20.1. The van der Waals surface area contributed by atoms with Gasteiger partial charge in [0.25, 0.3) is 11.7 Å². The Morgan fingerprint density at radius 3 is 2.24 bits per heavy atom. The van der Waals surface area contributed by atoms with E-state index in [1.807, 2.05) is 30.3 Å². The maximum absolute atomic E-state index is 13.3. The van der Waals surface area contributed by atoms with E-state index in [-0.39, 0.29) is 11.3 Å². The Balaban J connectivity index is 1.59. The van der Waals surface area contributed by atoms with Gasteiger partial charge in [0, 0.05) is 46.9 Å². The van der Waals surface area contributed by atoms with Gasteiger partial charge in [0.1, 0.15) is 5.76 Å². The zero-order chi connectivity index (χ0) is 23.7. The average molecular weight is 518 g/mol. The van der Waals surface area contributed by atoms with Crippen LogP contribution in [0.4, 0.5) is 11.4 Å². The smallest absolute Gasteiger partial charge is 0.300 e. The molecule has 5 rings (SSSR count). The molecule has 0 bridgehead atoms. The maximum atomic E-state index is 13.3. The van der Waals surface area contributed by atoms with E-state index in [0.29, 0.717) is 16.8 Å². The first-order valence-electron chi connectivity index (χ1n) is 11.4. The normalized spacial score (nSPS) is 20.1. The fraction of sp³-hybridized carbons (Fsp3) is 0.222. The number of hydrogen-bond donors (Lipinski definition) is 1. The van der Waals surface area contributed by atoms with Crippen molar-refractivity contribution in [1.82, 2.24) is 4.98 Å². The van der Waals surface area contributed by atoms with Crippen LogP contribution >= 0.6 is 15.9 Å². The summed E-state index contributed by atoms with van der Waals surface area (Å²) in [6.45, 7) is 2.04. The number of aromatic nitrogens is 1. The van der Waals surface area contributed by atoms with Crippen molar-refractivity contribution in [2.75, 3.05) is 22.9 Å². The van der Waals surface area contributed by atoms with Gasteiger partial charge in [-0.25, -0.2) is 0 Å². The molecule has 1 N–H and O–H groups in total. The molecule has 3 aromatic rings. The highest BCUT2D eigenvalue weighted by molar-refractivity contribution is 9.10. The van der Waals surface area contributed by atoms with Gasteiger partial charge >= 0.3 is 0 Å². The third-order valence-electron chi connectivity index (χ3n) is 6.41. The van der Waals surface area contributed by atoms with E-state index in [2.05, 4.69) is 25.8 Å². The van der Waals surface area contributed by atoms with Gasteiger partial charge in [0.2, 0.25) is 0 Å². The number of rotatable bonds is 4. The summed E-state index contributed by atoms with van der Waals surface area (Å²) < 4.78 is 0.849. The summed E-state index contributed by atoms with van der Waals surface area (Å²) >= 11 is 3.38. The number of aliphatic hydroxyl groups excluding tert-OH is 1. The molecule has 2 aliphatic rings. The molecule has 34 heavy (non-hydrogen) atoms. The first-order chi connectivity index (χ1) is 16.5. The second-order valence-electron chi connectivity index (χ2n) is 8.53. The topological polar surface area (TPSA) is 73.7 Å². The Bertz CT molecular complexity index is 1230.